The number of rotatable bonds is 3. The first-order valence-corrected chi connectivity index (χ1v) is 9.55. The number of para-hydroxylation sites is 1. The van der Waals surface area contributed by atoms with E-state index in [-0.39, 0.29) is 11.5 Å². The number of carbonyl (C=O) groups excluding carboxylic acids is 1. The number of fused-ring (bicyclic) bond motifs is 1. The molecular weight excluding hydrogens is 409 g/mol. The normalized spacial score (nSPS) is 10.9. The van der Waals surface area contributed by atoms with Gasteiger partial charge in [0.25, 0.3) is 11.5 Å². The Balaban J connectivity index is 1.76. The summed E-state index contributed by atoms with van der Waals surface area (Å²) in [6.07, 6.45) is 0. The molecule has 0 saturated carbocycles. The van der Waals surface area contributed by atoms with E-state index in [1.54, 1.807) is 67.6 Å². The van der Waals surface area contributed by atoms with Crippen LogP contribution >= 0.6 is 23.2 Å². The topological polar surface area (TPSA) is 64.0 Å². The van der Waals surface area contributed by atoms with Gasteiger partial charge in [-0.2, -0.15) is 0 Å². The molecule has 0 radical (unpaired) electrons. The monoisotopic (exact) mass is 423 g/mol. The van der Waals surface area contributed by atoms with Gasteiger partial charge in [-0.15, -0.1) is 0 Å². The van der Waals surface area contributed by atoms with Crippen LogP contribution in [0.15, 0.2) is 71.5 Å². The minimum atomic E-state index is -0.332. The summed E-state index contributed by atoms with van der Waals surface area (Å²) >= 11 is 12.1. The Morgan fingerprint density at radius 3 is 2.48 bits per heavy atom. The Kier molecular flexibility index (Phi) is 5.09. The van der Waals surface area contributed by atoms with Crippen LogP contribution in [0.5, 0.6) is 0 Å². The zero-order valence-corrected chi connectivity index (χ0v) is 16.8. The molecule has 0 fully saturated rings. The highest BCUT2D eigenvalue weighted by molar-refractivity contribution is 6.34. The quantitative estimate of drug-likeness (QED) is 0.489. The lowest BCUT2D eigenvalue weighted by atomic mass is 10.2. The van der Waals surface area contributed by atoms with Crippen molar-refractivity contribution in [1.29, 1.82) is 0 Å². The standard InChI is InChI=1S/C22H15Cl2N3O2/c1-13-25-19-5-3-2-4-17(19)22(29)27(13)16-10-11-18(24)20(12-16)26-21(28)14-6-8-15(23)9-7-14/h2-12H,1H3,(H,26,28). The summed E-state index contributed by atoms with van der Waals surface area (Å²) in [5.41, 5.74) is 1.84. The molecule has 1 N–H and O–H groups in total. The van der Waals surface area contributed by atoms with Crippen molar-refractivity contribution in [3.63, 3.8) is 0 Å². The highest BCUT2D eigenvalue weighted by atomic mass is 35.5. The van der Waals surface area contributed by atoms with Crippen LogP contribution in [-0.4, -0.2) is 15.5 Å². The average Bonchev–Trinajstić information content (AvgIpc) is 2.71. The molecule has 0 aliphatic rings. The smallest absolute Gasteiger partial charge is 0.265 e. The molecular formula is C22H15Cl2N3O2. The zero-order chi connectivity index (χ0) is 20.5. The lowest BCUT2D eigenvalue weighted by Crippen LogP contribution is -2.22. The summed E-state index contributed by atoms with van der Waals surface area (Å²) in [6, 6.07) is 18.7. The van der Waals surface area contributed by atoms with Crippen LogP contribution < -0.4 is 10.9 Å². The number of hydrogen-bond donors (Lipinski definition) is 1. The zero-order valence-electron chi connectivity index (χ0n) is 15.3. The summed E-state index contributed by atoms with van der Waals surface area (Å²) in [6.45, 7) is 1.76. The Hall–Kier alpha value is -3.15. The first-order valence-electron chi connectivity index (χ1n) is 8.79. The van der Waals surface area contributed by atoms with E-state index in [1.807, 2.05) is 6.07 Å². The minimum Gasteiger partial charge on any atom is -0.321 e. The minimum absolute atomic E-state index is 0.189. The summed E-state index contributed by atoms with van der Waals surface area (Å²) < 4.78 is 1.50. The average molecular weight is 424 g/mol. The Bertz CT molecular complexity index is 1300. The van der Waals surface area contributed by atoms with Crippen molar-refractivity contribution in [2.75, 3.05) is 5.32 Å². The molecule has 0 spiro atoms. The van der Waals surface area contributed by atoms with Crippen molar-refractivity contribution in [3.8, 4) is 5.69 Å². The first kappa shape index (κ1) is 19.2. The van der Waals surface area contributed by atoms with Gasteiger partial charge >= 0.3 is 0 Å². The van der Waals surface area contributed by atoms with E-state index in [4.69, 9.17) is 23.2 Å². The van der Waals surface area contributed by atoms with Gasteiger partial charge in [0.2, 0.25) is 0 Å². The van der Waals surface area contributed by atoms with Gasteiger partial charge in [-0.1, -0.05) is 35.3 Å². The fourth-order valence-electron chi connectivity index (χ4n) is 3.09. The second-order valence-electron chi connectivity index (χ2n) is 6.44. The fraction of sp³-hybridized carbons (Fsp3) is 0.0455. The van der Waals surface area contributed by atoms with Crippen molar-refractivity contribution < 1.29 is 4.79 Å². The van der Waals surface area contributed by atoms with E-state index in [9.17, 15) is 9.59 Å². The molecule has 0 saturated heterocycles. The predicted molar refractivity (Wildman–Crippen MR) is 116 cm³/mol. The van der Waals surface area contributed by atoms with Crippen LogP contribution in [0.2, 0.25) is 10.0 Å². The van der Waals surface area contributed by atoms with Gasteiger partial charge in [-0.05, 0) is 61.5 Å². The third-order valence-corrected chi connectivity index (χ3v) is 5.09. The summed E-state index contributed by atoms with van der Waals surface area (Å²) in [5.74, 6) is 0.201. The molecule has 29 heavy (non-hydrogen) atoms. The predicted octanol–water partition coefficient (Wildman–Crippen LogP) is 5.25. The van der Waals surface area contributed by atoms with Crippen molar-refractivity contribution >= 4 is 45.7 Å². The lowest BCUT2D eigenvalue weighted by Gasteiger charge is -2.14. The Morgan fingerprint density at radius 1 is 1.00 bits per heavy atom. The number of aromatic nitrogens is 2. The first-order chi connectivity index (χ1) is 13.9. The third kappa shape index (κ3) is 3.75. The molecule has 1 heterocycles. The molecule has 0 bridgehead atoms. The van der Waals surface area contributed by atoms with Crippen molar-refractivity contribution in [3.05, 3.63) is 98.5 Å². The SMILES string of the molecule is Cc1nc2ccccc2c(=O)n1-c1ccc(Cl)c(NC(=O)c2ccc(Cl)cc2)c1. The number of amides is 1. The third-order valence-electron chi connectivity index (χ3n) is 4.51. The Labute approximate surface area is 176 Å². The highest BCUT2D eigenvalue weighted by Crippen LogP contribution is 2.26. The van der Waals surface area contributed by atoms with Gasteiger partial charge in [-0.25, -0.2) is 4.98 Å². The maximum atomic E-state index is 13.0. The number of halogens is 2. The van der Waals surface area contributed by atoms with Gasteiger partial charge < -0.3 is 5.32 Å². The molecule has 7 heteroatoms. The van der Waals surface area contributed by atoms with Gasteiger partial charge in [0.05, 0.1) is 27.3 Å². The number of anilines is 1. The maximum absolute atomic E-state index is 13.0. The van der Waals surface area contributed by atoms with Crippen LogP contribution in [0.1, 0.15) is 16.2 Å². The molecule has 5 nitrogen and oxygen atoms in total. The van der Waals surface area contributed by atoms with Crippen molar-refractivity contribution in [2.45, 2.75) is 6.92 Å². The van der Waals surface area contributed by atoms with E-state index >= 15 is 0 Å². The number of nitrogens with one attached hydrogen (secondary N) is 1. The molecule has 0 unspecified atom stereocenters. The Morgan fingerprint density at radius 2 is 1.72 bits per heavy atom. The van der Waals surface area contributed by atoms with Crippen LogP contribution in [0.25, 0.3) is 16.6 Å². The van der Waals surface area contributed by atoms with Crippen molar-refractivity contribution in [2.24, 2.45) is 0 Å². The second-order valence-corrected chi connectivity index (χ2v) is 7.29. The molecule has 4 rings (SSSR count). The largest absolute Gasteiger partial charge is 0.321 e. The molecule has 1 amide bonds. The molecule has 0 aliphatic heterocycles. The summed E-state index contributed by atoms with van der Waals surface area (Å²) in [5, 5.41) is 4.20. The van der Waals surface area contributed by atoms with Crippen LogP contribution in [-0.2, 0) is 0 Å². The van der Waals surface area contributed by atoms with Crippen molar-refractivity contribution in [1.82, 2.24) is 9.55 Å². The number of hydrogen-bond acceptors (Lipinski definition) is 3. The van der Waals surface area contributed by atoms with Gasteiger partial charge in [0.15, 0.2) is 0 Å². The molecule has 0 aliphatic carbocycles. The molecule has 4 aromatic rings. The molecule has 3 aromatic carbocycles. The van der Waals surface area contributed by atoms with E-state index < -0.39 is 0 Å². The summed E-state index contributed by atoms with van der Waals surface area (Å²) in [7, 11) is 0. The fourth-order valence-corrected chi connectivity index (χ4v) is 3.38. The van der Waals surface area contributed by atoms with Crippen LogP contribution in [0.4, 0.5) is 5.69 Å². The number of aryl methyl sites for hydroxylation is 1. The number of nitrogens with zero attached hydrogens (tertiary/aromatic N) is 2. The van der Waals surface area contributed by atoms with E-state index in [1.165, 1.54) is 4.57 Å². The van der Waals surface area contributed by atoms with E-state index in [0.717, 1.165) is 0 Å². The van der Waals surface area contributed by atoms with Gasteiger partial charge in [0.1, 0.15) is 5.82 Å². The van der Waals surface area contributed by atoms with Gasteiger partial charge in [0, 0.05) is 10.6 Å². The molecule has 0 atom stereocenters. The van der Waals surface area contributed by atoms with Crippen LogP contribution in [0, 0.1) is 6.92 Å². The molecule has 144 valence electrons. The maximum Gasteiger partial charge on any atom is 0.265 e. The van der Waals surface area contributed by atoms with Crippen LogP contribution in [0.3, 0.4) is 0 Å². The summed E-state index contributed by atoms with van der Waals surface area (Å²) in [4.78, 5) is 30.1. The van der Waals surface area contributed by atoms with E-state index in [2.05, 4.69) is 10.3 Å². The molecule has 1 aromatic heterocycles. The number of carbonyl (C=O) groups is 1. The highest BCUT2D eigenvalue weighted by Gasteiger charge is 2.13. The number of benzene rings is 3. The van der Waals surface area contributed by atoms with Gasteiger partial charge in [-0.3, -0.25) is 14.2 Å². The second kappa shape index (κ2) is 7.70. The lowest BCUT2D eigenvalue weighted by molar-refractivity contribution is 0.102. The van der Waals surface area contributed by atoms with E-state index in [0.29, 0.717) is 43.7 Å².